The summed E-state index contributed by atoms with van der Waals surface area (Å²) in [4.78, 5) is 18.6. The summed E-state index contributed by atoms with van der Waals surface area (Å²) in [5.74, 6) is 0.856. The number of para-hydroxylation sites is 2. The van der Waals surface area contributed by atoms with E-state index >= 15 is 0 Å². The van der Waals surface area contributed by atoms with Crippen molar-refractivity contribution in [2.45, 2.75) is 63.7 Å². The van der Waals surface area contributed by atoms with Crippen LogP contribution in [0.3, 0.4) is 0 Å². The zero-order valence-electron chi connectivity index (χ0n) is 16.8. The van der Waals surface area contributed by atoms with Crippen LogP contribution in [0.15, 0.2) is 52.9 Å². The van der Waals surface area contributed by atoms with Gasteiger partial charge in [0.15, 0.2) is 11.5 Å². The maximum absolute atomic E-state index is 11.4. The molecule has 2 fully saturated rings. The van der Waals surface area contributed by atoms with Crippen LogP contribution in [0, 0.1) is 0 Å². The second kappa shape index (κ2) is 7.64. The fraction of sp³-hybridized carbons (Fsp3) is 0.417. The predicted molar refractivity (Wildman–Crippen MR) is 112 cm³/mol. The van der Waals surface area contributed by atoms with E-state index in [9.17, 15) is 4.79 Å². The molecule has 1 aromatic heterocycles. The lowest BCUT2D eigenvalue weighted by atomic mass is 9.96. The minimum Gasteiger partial charge on any atom is -0.440 e. The zero-order chi connectivity index (χ0) is 19.8. The zero-order valence-corrected chi connectivity index (χ0v) is 16.8. The molecular formula is C24H27N3O2. The second-order valence-electron chi connectivity index (χ2n) is 8.49. The fourth-order valence-electron chi connectivity index (χ4n) is 5.08. The molecule has 5 nitrogen and oxygen atoms in total. The highest BCUT2D eigenvalue weighted by Gasteiger charge is 2.40. The van der Waals surface area contributed by atoms with Crippen molar-refractivity contribution in [2.24, 2.45) is 0 Å². The van der Waals surface area contributed by atoms with E-state index in [4.69, 9.17) is 4.42 Å². The average molecular weight is 389 g/mol. The first kappa shape index (κ1) is 18.4. The molecule has 3 aromatic rings. The number of piperidine rings is 1. The Bertz CT molecular complexity index is 963. The molecule has 5 heteroatoms. The number of carbonyl (C=O) groups excluding carboxylic acids is 1. The van der Waals surface area contributed by atoms with Gasteiger partial charge in [0.1, 0.15) is 5.52 Å². The molecule has 2 bridgehead atoms. The summed E-state index contributed by atoms with van der Waals surface area (Å²) in [5, 5.41) is 3.13. The van der Waals surface area contributed by atoms with Gasteiger partial charge in [0, 0.05) is 38.0 Å². The molecule has 2 saturated heterocycles. The van der Waals surface area contributed by atoms with Crippen LogP contribution in [0.5, 0.6) is 0 Å². The lowest BCUT2D eigenvalue weighted by molar-refractivity contribution is -0.120. The minimum atomic E-state index is 0.0948. The fourth-order valence-corrected chi connectivity index (χ4v) is 5.08. The highest BCUT2D eigenvalue weighted by molar-refractivity contribution is 5.73. The number of fused-ring (bicyclic) bond motifs is 3. The first-order valence-corrected chi connectivity index (χ1v) is 10.6. The number of benzene rings is 2. The first-order valence-electron chi connectivity index (χ1n) is 10.6. The molecule has 1 amide bonds. The number of amides is 1. The molecule has 150 valence electrons. The van der Waals surface area contributed by atoms with Crippen LogP contribution in [0.2, 0.25) is 0 Å². The maximum atomic E-state index is 11.4. The Labute approximate surface area is 171 Å². The molecule has 2 aliphatic rings. The third-order valence-electron chi connectivity index (χ3n) is 6.37. The Morgan fingerprint density at radius 2 is 1.76 bits per heavy atom. The minimum absolute atomic E-state index is 0.0948. The van der Waals surface area contributed by atoms with Crippen LogP contribution >= 0.6 is 0 Å². The van der Waals surface area contributed by atoms with Crippen LogP contribution in [-0.4, -0.2) is 33.9 Å². The van der Waals surface area contributed by atoms with Gasteiger partial charge in [-0.3, -0.25) is 9.69 Å². The van der Waals surface area contributed by atoms with E-state index in [2.05, 4.69) is 39.5 Å². The maximum Gasteiger partial charge on any atom is 0.217 e. The van der Waals surface area contributed by atoms with Crippen LogP contribution in [-0.2, 0) is 17.8 Å². The van der Waals surface area contributed by atoms with Crippen molar-refractivity contribution in [3.05, 3.63) is 65.5 Å². The van der Waals surface area contributed by atoms with Gasteiger partial charge in [-0.1, -0.05) is 36.4 Å². The largest absolute Gasteiger partial charge is 0.440 e. The second-order valence-corrected chi connectivity index (χ2v) is 8.49. The topological polar surface area (TPSA) is 58.4 Å². The third-order valence-corrected chi connectivity index (χ3v) is 6.37. The van der Waals surface area contributed by atoms with Gasteiger partial charge in [0.2, 0.25) is 5.91 Å². The van der Waals surface area contributed by atoms with Crippen molar-refractivity contribution in [3.63, 3.8) is 0 Å². The molecule has 0 spiro atoms. The van der Waals surface area contributed by atoms with Gasteiger partial charge in [-0.15, -0.1) is 0 Å². The number of aromatic nitrogens is 1. The molecule has 2 aliphatic heterocycles. The van der Waals surface area contributed by atoms with Crippen LogP contribution in [0.25, 0.3) is 11.1 Å². The highest BCUT2D eigenvalue weighted by Crippen LogP contribution is 2.36. The van der Waals surface area contributed by atoms with E-state index in [0.717, 1.165) is 36.4 Å². The van der Waals surface area contributed by atoms with Gasteiger partial charge >= 0.3 is 0 Å². The summed E-state index contributed by atoms with van der Waals surface area (Å²) >= 11 is 0. The van der Waals surface area contributed by atoms with Crippen LogP contribution in [0.4, 0.5) is 0 Å². The average Bonchev–Trinajstić information content (AvgIpc) is 3.20. The van der Waals surface area contributed by atoms with Crippen LogP contribution < -0.4 is 5.32 Å². The SMILES string of the molecule is CC(=O)NC1C[C@H]2CC[C@H](C1)N2Cc1ccc(Cc2nc3ccccc3o2)cc1. The normalized spacial score (nSPS) is 24.1. The van der Waals surface area contributed by atoms with Crippen molar-refractivity contribution < 1.29 is 9.21 Å². The van der Waals surface area contributed by atoms with Gasteiger partial charge in [-0.25, -0.2) is 4.98 Å². The molecule has 0 unspecified atom stereocenters. The van der Waals surface area contributed by atoms with E-state index in [1.165, 1.54) is 24.0 Å². The van der Waals surface area contributed by atoms with Crippen molar-refractivity contribution >= 4 is 17.0 Å². The highest BCUT2D eigenvalue weighted by atomic mass is 16.3. The summed E-state index contributed by atoms with van der Waals surface area (Å²) in [6.07, 6.45) is 5.35. The smallest absolute Gasteiger partial charge is 0.217 e. The predicted octanol–water partition coefficient (Wildman–Crippen LogP) is 4.05. The lowest BCUT2D eigenvalue weighted by Gasteiger charge is -2.39. The van der Waals surface area contributed by atoms with E-state index < -0.39 is 0 Å². The summed E-state index contributed by atoms with van der Waals surface area (Å²) in [6, 6.07) is 18.3. The van der Waals surface area contributed by atoms with E-state index in [0.29, 0.717) is 24.5 Å². The van der Waals surface area contributed by atoms with Gasteiger partial charge in [0.05, 0.1) is 0 Å². The Hall–Kier alpha value is -2.66. The number of carbonyl (C=O) groups is 1. The Morgan fingerprint density at radius 3 is 2.45 bits per heavy atom. The van der Waals surface area contributed by atoms with Crippen molar-refractivity contribution in [2.75, 3.05) is 0 Å². The monoisotopic (exact) mass is 389 g/mol. The van der Waals surface area contributed by atoms with E-state index in [1.807, 2.05) is 24.3 Å². The molecular weight excluding hydrogens is 362 g/mol. The Morgan fingerprint density at radius 1 is 1.07 bits per heavy atom. The van der Waals surface area contributed by atoms with Gasteiger partial charge in [-0.05, 0) is 48.9 Å². The molecule has 5 rings (SSSR count). The lowest BCUT2D eigenvalue weighted by Crippen LogP contribution is -2.49. The number of hydrogen-bond donors (Lipinski definition) is 1. The molecule has 3 heterocycles. The van der Waals surface area contributed by atoms with E-state index in [-0.39, 0.29) is 5.91 Å². The first-order chi connectivity index (χ1) is 14.1. The van der Waals surface area contributed by atoms with Gasteiger partial charge < -0.3 is 9.73 Å². The summed E-state index contributed by atoms with van der Waals surface area (Å²) in [5.41, 5.74) is 4.32. The summed E-state index contributed by atoms with van der Waals surface area (Å²) in [7, 11) is 0. The number of oxazole rings is 1. The molecule has 0 aliphatic carbocycles. The Balaban J connectivity index is 1.22. The molecule has 0 saturated carbocycles. The number of nitrogens with zero attached hydrogens (tertiary/aromatic N) is 2. The van der Waals surface area contributed by atoms with Crippen molar-refractivity contribution in [1.82, 2.24) is 15.2 Å². The van der Waals surface area contributed by atoms with Crippen molar-refractivity contribution in [1.29, 1.82) is 0 Å². The van der Waals surface area contributed by atoms with Gasteiger partial charge in [-0.2, -0.15) is 0 Å². The molecule has 2 atom stereocenters. The number of nitrogens with one attached hydrogen (secondary N) is 1. The number of rotatable bonds is 5. The third kappa shape index (κ3) is 3.92. The number of hydrogen-bond acceptors (Lipinski definition) is 4. The molecule has 29 heavy (non-hydrogen) atoms. The molecule has 0 radical (unpaired) electrons. The molecule has 2 aromatic carbocycles. The summed E-state index contributed by atoms with van der Waals surface area (Å²) < 4.78 is 5.85. The Kier molecular flexibility index (Phi) is 4.84. The molecule has 1 N–H and O–H groups in total. The quantitative estimate of drug-likeness (QED) is 0.715. The van der Waals surface area contributed by atoms with Crippen molar-refractivity contribution in [3.8, 4) is 0 Å². The van der Waals surface area contributed by atoms with E-state index in [1.54, 1.807) is 6.92 Å². The standard InChI is InChI=1S/C24H27N3O2/c1-16(28)25-19-13-20-10-11-21(14-19)27(20)15-18-8-6-17(7-9-18)12-24-26-22-4-2-3-5-23(22)29-24/h2-9,19-21H,10-15H2,1H3,(H,25,28)/t20-,21-/m1/s1. The van der Waals surface area contributed by atoms with Gasteiger partial charge in [0.25, 0.3) is 0 Å². The van der Waals surface area contributed by atoms with Crippen LogP contribution in [0.1, 0.15) is 49.6 Å². The summed E-state index contributed by atoms with van der Waals surface area (Å²) in [6.45, 7) is 2.61.